The summed E-state index contributed by atoms with van der Waals surface area (Å²) in [6.45, 7) is 2.83. The molecular weight excluding hydrogens is 318 g/mol. The smallest absolute Gasteiger partial charge is 0.173 e. The molecule has 0 aliphatic carbocycles. The standard InChI is InChI=1S/C15H16BrN3O/c1-2-19(11-7-4-3-5-8-11)13-10-6-9-12(16)14(13)15(17)18-20/h3-10,20H,2H2,1H3,(H2,17,18). The van der Waals surface area contributed by atoms with Crippen LogP contribution in [-0.2, 0) is 0 Å². The van der Waals surface area contributed by atoms with E-state index in [9.17, 15) is 0 Å². The van der Waals surface area contributed by atoms with E-state index in [0.717, 1.165) is 22.4 Å². The zero-order valence-corrected chi connectivity index (χ0v) is 12.7. The molecule has 0 radical (unpaired) electrons. The lowest BCUT2D eigenvalue weighted by atomic mass is 10.1. The van der Waals surface area contributed by atoms with E-state index >= 15 is 0 Å². The van der Waals surface area contributed by atoms with Gasteiger partial charge in [0.25, 0.3) is 0 Å². The zero-order valence-electron chi connectivity index (χ0n) is 11.1. The van der Waals surface area contributed by atoms with Gasteiger partial charge in [-0.3, -0.25) is 0 Å². The summed E-state index contributed by atoms with van der Waals surface area (Å²) >= 11 is 3.46. The highest BCUT2D eigenvalue weighted by atomic mass is 79.9. The van der Waals surface area contributed by atoms with Gasteiger partial charge in [0.1, 0.15) is 0 Å². The Morgan fingerprint density at radius 3 is 2.50 bits per heavy atom. The Morgan fingerprint density at radius 1 is 1.20 bits per heavy atom. The molecule has 0 unspecified atom stereocenters. The lowest BCUT2D eigenvalue weighted by Gasteiger charge is -2.26. The van der Waals surface area contributed by atoms with Gasteiger partial charge in [0.15, 0.2) is 5.84 Å². The number of anilines is 2. The normalized spacial score (nSPS) is 11.4. The third-order valence-electron chi connectivity index (χ3n) is 3.03. The number of halogens is 1. The Kier molecular flexibility index (Phi) is 4.63. The number of oxime groups is 1. The van der Waals surface area contributed by atoms with Gasteiger partial charge in [-0.15, -0.1) is 0 Å². The summed E-state index contributed by atoms with van der Waals surface area (Å²) in [4.78, 5) is 2.11. The molecular formula is C15H16BrN3O. The average molecular weight is 334 g/mol. The Morgan fingerprint density at radius 2 is 1.90 bits per heavy atom. The fraction of sp³-hybridized carbons (Fsp3) is 0.133. The number of nitrogens with two attached hydrogens (primary N) is 1. The second-order valence-electron chi connectivity index (χ2n) is 4.20. The maximum absolute atomic E-state index is 8.99. The van der Waals surface area contributed by atoms with Crippen molar-refractivity contribution in [1.82, 2.24) is 0 Å². The average Bonchev–Trinajstić information content (AvgIpc) is 2.48. The molecule has 0 bridgehead atoms. The van der Waals surface area contributed by atoms with Crippen LogP contribution >= 0.6 is 15.9 Å². The SMILES string of the molecule is CCN(c1ccccc1)c1cccc(Br)c1/C(N)=N/O. The highest BCUT2D eigenvalue weighted by Gasteiger charge is 2.17. The van der Waals surface area contributed by atoms with Gasteiger partial charge in [-0.05, 0) is 47.1 Å². The molecule has 2 rings (SSSR count). The molecule has 2 aromatic rings. The van der Waals surface area contributed by atoms with Crippen LogP contribution in [-0.4, -0.2) is 17.6 Å². The minimum atomic E-state index is 0.0851. The Hall–Kier alpha value is -2.01. The maximum Gasteiger partial charge on any atom is 0.173 e. The molecule has 104 valence electrons. The van der Waals surface area contributed by atoms with Crippen LogP contribution in [0.4, 0.5) is 11.4 Å². The van der Waals surface area contributed by atoms with E-state index in [0.29, 0.717) is 5.56 Å². The second kappa shape index (κ2) is 6.43. The first-order valence-corrected chi connectivity index (χ1v) is 7.07. The van der Waals surface area contributed by atoms with Crippen molar-refractivity contribution < 1.29 is 5.21 Å². The van der Waals surface area contributed by atoms with Crippen LogP contribution in [0.5, 0.6) is 0 Å². The van der Waals surface area contributed by atoms with Crippen LogP contribution in [0.25, 0.3) is 0 Å². The Labute approximate surface area is 126 Å². The first-order chi connectivity index (χ1) is 9.69. The van der Waals surface area contributed by atoms with E-state index in [1.54, 1.807) is 0 Å². The zero-order chi connectivity index (χ0) is 14.5. The van der Waals surface area contributed by atoms with Crippen molar-refractivity contribution in [3.05, 3.63) is 58.6 Å². The largest absolute Gasteiger partial charge is 0.409 e. The first-order valence-electron chi connectivity index (χ1n) is 6.28. The number of benzene rings is 2. The van der Waals surface area contributed by atoms with Gasteiger partial charge in [-0.1, -0.05) is 29.4 Å². The van der Waals surface area contributed by atoms with Crippen LogP contribution in [0.3, 0.4) is 0 Å². The molecule has 0 heterocycles. The Bertz CT molecular complexity index is 614. The van der Waals surface area contributed by atoms with Crippen molar-refractivity contribution in [2.45, 2.75) is 6.92 Å². The first kappa shape index (κ1) is 14.4. The molecule has 3 N–H and O–H groups in total. The van der Waals surface area contributed by atoms with Gasteiger partial charge < -0.3 is 15.8 Å². The summed E-state index contributed by atoms with van der Waals surface area (Å²) in [6.07, 6.45) is 0. The van der Waals surface area contributed by atoms with E-state index in [2.05, 4.69) is 32.9 Å². The minimum Gasteiger partial charge on any atom is -0.409 e. The third-order valence-corrected chi connectivity index (χ3v) is 3.69. The summed E-state index contributed by atoms with van der Waals surface area (Å²) in [5.41, 5.74) is 8.44. The predicted molar refractivity (Wildman–Crippen MR) is 85.8 cm³/mol. The lowest BCUT2D eigenvalue weighted by Crippen LogP contribution is -2.22. The second-order valence-corrected chi connectivity index (χ2v) is 5.05. The Balaban J connectivity index is 2.59. The third kappa shape index (κ3) is 2.77. The molecule has 0 saturated heterocycles. The van der Waals surface area contributed by atoms with E-state index in [1.165, 1.54) is 0 Å². The van der Waals surface area contributed by atoms with Crippen molar-refractivity contribution >= 4 is 33.1 Å². The molecule has 0 aliphatic heterocycles. The van der Waals surface area contributed by atoms with Crippen molar-refractivity contribution in [1.29, 1.82) is 0 Å². The fourth-order valence-corrected chi connectivity index (χ4v) is 2.70. The molecule has 0 spiro atoms. The summed E-state index contributed by atoms with van der Waals surface area (Å²) in [7, 11) is 0. The highest BCUT2D eigenvalue weighted by Crippen LogP contribution is 2.32. The van der Waals surface area contributed by atoms with Gasteiger partial charge in [0.05, 0.1) is 11.3 Å². The lowest BCUT2D eigenvalue weighted by molar-refractivity contribution is 0.318. The van der Waals surface area contributed by atoms with Crippen molar-refractivity contribution in [2.75, 3.05) is 11.4 Å². The number of rotatable bonds is 4. The van der Waals surface area contributed by atoms with Crippen LogP contribution < -0.4 is 10.6 Å². The van der Waals surface area contributed by atoms with E-state index in [1.807, 2.05) is 48.5 Å². The summed E-state index contributed by atoms with van der Waals surface area (Å²) in [6, 6.07) is 15.8. The summed E-state index contributed by atoms with van der Waals surface area (Å²) in [5, 5.41) is 12.1. The topological polar surface area (TPSA) is 61.8 Å². The summed E-state index contributed by atoms with van der Waals surface area (Å²) < 4.78 is 0.791. The quantitative estimate of drug-likeness (QED) is 0.388. The molecule has 0 saturated carbocycles. The molecule has 0 fully saturated rings. The van der Waals surface area contributed by atoms with Crippen LogP contribution in [0.2, 0.25) is 0 Å². The molecule has 0 amide bonds. The molecule has 2 aromatic carbocycles. The predicted octanol–water partition coefficient (Wildman–Crippen LogP) is 3.70. The van der Waals surface area contributed by atoms with Crippen molar-refractivity contribution in [3.63, 3.8) is 0 Å². The van der Waals surface area contributed by atoms with E-state index < -0.39 is 0 Å². The highest BCUT2D eigenvalue weighted by molar-refractivity contribution is 9.10. The molecule has 0 atom stereocenters. The van der Waals surface area contributed by atoms with E-state index in [-0.39, 0.29) is 5.84 Å². The maximum atomic E-state index is 8.99. The summed E-state index contributed by atoms with van der Waals surface area (Å²) in [5.74, 6) is 0.0851. The van der Waals surface area contributed by atoms with Gasteiger partial charge in [0, 0.05) is 16.7 Å². The molecule has 20 heavy (non-hydrogen) atoms. The molecule has 5 heteroatoms. The van der Waals surface area contributed by atoms with Crippen molar-refractivity contribution in [3.8, 4) is 0 Å². The number of amidine groups is 1. The van der Waals surface area contributed by atoms with Gasteiger partial charge in [-0.2, -0.15) is 0 Å². The van der Waals surface area contributed by atoms with Crippen LogP contribution in [0.15, 0.2) is 58.2 Å². The number of para-hydroxylation sites is 1. The van der Waals surface area contributed by atoms with Crippen LogP contribution in [0, 0.1) is 0 Å². The number of nitrogens with zero attached hydrogens (tertiary/aromatic N) is 2. The van der Waals surface area contributed by atoms with E-state index in [4.69, 9.17) is 10.9 Å². The van der Waals surface area contributed by atoms with Crippen molar-refractivity contribution in [2.24, 2.45) is 10.9 Å². The van der Waals surface area contributed by atoms with Gasteiger partial charge in [0.2, 0.25) is 0 Å². The monoisotopic (exact) mass is 333 g/mol. The van der Waals surface area contributed by atoms with Crippen LogP contribution in [0.1, 0.15) is 12.5 Å². The number of hydrogen-bond donors (Lipinski definition) is 2. The van der Waals surface area contributed by atoms with Gasteiger partial charge in [-0.25, -0.2) is 0 Å². The molecule has 4 nitrogen and oxygen atoms in total. The fourth-order valence-electron chi connectivity index (χ4n) is 2.14. The van der Waals surface area contributed by atoms with Gasteiger partial charge >= 0.3 is 0 Å². The minimum absolute atomic E-state index is 0.0851. The molecule has 0 aliphatic rings. The molecule has 0 aromatic heterocycles. The number of hydrogen-bond acceptors (Lipinski definition) is 3.